The summed E-state index contributed by atoms with van der Waals surface area (Å²) in [6.45, 7) is 8.30. The summed E-state index contributed by atoms with van der Waals surface area (Å²) in [4.78, 5) is 25.2. The number of aromatic nitrogens is 3. The number of carbonyl (C=O) groups excluding carboxylic acids is 2. The Morgan fingerprint density at radius 3 is 2.45 bits per heavy atom. The quantitative estimate of drug-likeness (QED) is 0.314. The third-order valence-corrected chi connectivity index (χ3v) is 6.00. The largest absolute Gasteiger partial charge is 0.342 e. The van der Waals surface area contributed by atoms with E-state index in [2.05, 4.69) is 27.4 Å². The molecule has 3 rings (SSSR count). The standard InChI is InChI=1S/C24H26ClN5O2S/c1-4-14-30-22(21(16(2)3)27-23(32)17-8-6-5-7-9-17)28-29-24(30)33-15-20(31)26-19-12-10-18(25)11-13-19/h4-13,16,21H,1,14-15H2,2-3H3,(H,26,31)(H,27,32)/t21-/m1/s1. The van der Waals surface area contributed by atoms with Crippen molar-refractivity contribution in [1.82, 2.24) is 20.1 Å². The Morgan fingerprint density at radius 1 is 1.12 bits per heavy atom. The lowest BCUT2D eigenvalue weighted by Crippen LogP contribution is -2.33. The van der Waals surface area contributed by atoms with Gasteiger partial charge in [0, 0.05) is 22.8 Å². The van der Waals surface area contributed by atoms with Crippen molar-refractivity contribution in [1.29, 1.82) is 0 Å². The van der Waals surface area contributed by atoms with Gasteiger partial charge >= 0.3 is 0 Å². The van der Waals surface area contributed by atoms with Crippen molar-refractivity contribution in [2.75, 3.05) is 11.1 Å². The average molecular weight is 484 g/mol. The summed E-state index contributed by atoms with van der Waals surface area (Å²) in [6.07, 6.45) is 1.74. The van der Waals surface area contributed by atoms with Crippen LogP contribution in [0.4, 0.5) is 5.69 Å². The predicted octanol–water partition coefficient (Wildman–Crippen LogP) is 4.98. The van der Waals surface area contributed by atoms with Gasteiger partial charge in [-0.1, -0.05) is 61.5 Å². The summed E-state index contributed by atoms with van der Waals surface area (Å²) in [6, 6.07) is 15.6. The number of hydrogen-bond donors (Lipinski definition) is 2. The van der Waals surface area contributed by atoms with E-state index >= 15 is 0 Å². The van der Waals surface area contributed by atoms with Crippen LogP contribution in [0.1, 0.15) is 36.1 Å². The average Bonchev–Trinajstić information content (AvgIpc) is 3.20. The maximum absolute atomic E-state index is 12.8. The molecule has 0 aliphatic heterocycles. The molecule has 2 aromatic carbocycles. The molecule has 0 aliphatic carbocycles. The number of allylic oxidation sites excluding steroid dienone is 1. The van der Waals surface area contributed by atoms with Gasteiger partial charge in [0.15, 0.2) is 11.0 Å². The molecule has 2 amide bonds. The van der Waals surface area contributed by atoms with Crippen molar-refractivity contribution in [2.45, 2.75) is 31.6 Å². The maximum atomic E-state index is 12.8. The van der Waals surface area contributed by atoms with Gasteiger partial charge in [-0.15, -0.1) is 16.8 Å². The van der Waals surface area contributed by atoms with Crippen LogP contribution in [0.5, 0.6) is 0 Å². The number of nitrogens with one attached hydrogen (secondary N) is 2. The van der Waals surface area contributed by atoms with Gasteiger partial charge in [-0.2, -0.15) is 0 Å². The molecule has 0 unspecified atom stereocenters. The zero-order valence-corrected chi connectivity index (χ0v) is 20.1. The van der Waals surface area contributed by atoms with Gasteiger partial charge in [0.05, 0.1) is 11.8 Å². The summed E-state index contributed by atoms with van der Waals surface area (Å²) in [5, 5.41) is 15.7. The number of anilines is 1. The van der Waals surface area contributed by atoms with Crippen LogP contribution in [0.2, 0.25) is 5.02 Å². The molecule has 33 heavy (non-hydrogen) atoms. The Hall–Kier alpha value is -3.10. The second kappa shape index (κ2) is 11.7. The molecule has 1 atom stereocenters. The molecular formula is C24H26ClN5O2S. The van der Waals surface area contributed by atoms with Crippen LogP contribution in [0.3, 0.4) is 0 Å². The van der Waals surface area contributed by atoms with Crippen LogP contribution < -0.4 is 10.6 Å². The zero-order valence-electron chi connectivity index (χ0n) is 18.5. The third-order valence-electron chi connectivity index (χ3n) is 4.78. The van der Waals surface area contributed by atoms with E-state index in [0.717, 1.165) is 0 Å². The second-order valence-corrected chi connectivity index (χ2v) is 9.02. The number of hydrogen-bond acceptors (Lipinski definition) is 5. The molecule has 0 spiro atoms. The van der Waals surface area contributed by atoms with Gasteiger partial charge in [-0.25, -0.2) is 0 Å². The molecule has 0 saturated carbocycles. The van der Waals surface area contributed by atoms with E-state index in [1.165, 1.54) is 11.8 Å². The number of amides is 2. The normalized spacial score (nSPS) is 11.8. The summed E-state index contributed by atoms with van der Waals surface area (Å²) in [5.74, 6) is 0.487. The van der Waals surface area contributed by atoms with Crippen LogP contribution in [-0.4, -0.2) is 32.3 Å². The fourth-order valence-corrected chi connectivity index (χ4v) is 4.02. The molecule has 0 saturated heterocycles. The highest BCUT2D eigenvalue weighted by molar-refractivity contribution is 7.99. The molecule has 0 bridgehead atoms. The van der Waals surface area contributed by atoms with Crippen LogP contribution in [0.25, 0.3) is 0 Å². The molecule has 1 aromatic heterocycles. The molecular weight excluding hydrogens is 458 g/mol. The van der Waals surface area contributed by atoms with E-state index in [9.17, 15) is 9.59 Å². The minimum Gasteiger partial charge on any atom is -0.342 e. The Bertz CT molecular complexity index is 1100. The van der Waals surface area contributed by atoms with Crippen molar-refractivity contribution >= 4 is 40.9 Å². The summed E-state index contributed by atoms with van der Waals surface area (Å²) < 4.78 is 1.88. The minimum absolute atomic E-state index is 0.0662. The fraction of sp³-hybridized carbons (Fsp3) is 0.250. The molecule has 7 nitrogen and oxygen atoms in total. The Balaban J connectivity index is 1.73. The highest BCUT2D eigenvalue weighted by atomic mass is 35.5. The number of carbonyl (C=O) groups is 2. The maximum Gasteiger partial charge on any atom is 0.251 e. The number of rotatable bonds is 10. The van der Waals surface area contributed by atoms with Crippen molar-refractivity contribution in [3.63, 3.8) is 0 Å². The van der Waals surface area contributed by atoms with Crippen molar-refractivity contribution in [3.8, 4) is 0 Å². The topological polar surface area (TPSA) is 88.9 Å². The third kappa shape index (κ3) is 6.69. The van der Waals surface area contributed by atoms with Gasteiger partial charge in [0.25, 0.3) is 5.91 Å². The van der Waals surface area contributed by atoms with E-state index in [4.69, 9.17) is 11.6 Å². The van der Waals surface area contributed by atoms with Crippen molar-refractivity contribution < 1.29 is 9.59 Å². The second-order valence-electron chi connectivity index (χ2n) is 7.64. The summed E-state index contributed by atoms with van der Waals surface area (Å²) in [7, 11) is 0. The lowest BCUT2D eigenvalue weighted by molar-refractivity contribution is -0.113. The molecule has 2 N–H and O–H groups in total. The van der Waals surface area contributed by atoms with Crippen LogP contribution in [0, 0.1) is 5.92 Å². The molecule has 0 aliphatic rings. The number of nitrogens with zero attached hydrogens (tertiary/aromatic N) is 3. The van der Waals surface area contributed by atoms with E-state index < -0.39 is 0 Å². The Labute approximate surface area is 202 Å². The molecule has 3 aromatic rings. The van der Waals surface area contributed by atoms with Gasteiger partial charge in [0.1, 0.15) is 0 Å². The zero-order chi connectivity index (χ0) is 23.8. The molecule has 9 heteroatoms. The number of benzene rings is 2. The monoisotopic (exact) mass is 483 g/mol. The first-order chi connectivity index (χ1) is 15.9. The number of halogens is 1. The van der Waals surface area contributed by atoms with E-state index in [1.807, 2.05) is 36.6 Å². The van der Waals surface area contributed by atoms with E-state index in [0.29, 0.717) is 33.8 Å². The molecule has 0 radical (unpaired) electrons. The van der Waals surface area contributed by atoms with Gasteiger partial charge < -0.3 is 15.2 Å². The van der Waals surface area contributed by atoms with E-state index in [-0.39, 0.29) is 29.5 Å². The van der Waals surface area contributed by atoms with Gasteiger partial charge in [-0.05, 0) is 42.3 Å². The van der Waals surface area contributed by atoms with E-state index in [1.54, 1.807) is 42.5 Å². The molecule has 172 valence electrons. The van der Waals surface area contributed by atoms with Crippen LogP contribution in [0.15, 0.2) is 72.4 Å². The SMILES string of the molecule is C=CCn1c(SCC(=O)Nc2ccc(Cl)cc2)nnc1[C@H](NC(=O)c1ccccc1)C(C)C. The van der Waals surface area contributed by atoms with Crippen LogP contribution in [-0.2, 0) is 11.3 Å². The lowest BCUT2D eigenvalue weighted by atomic mass is 10.0. The van der Waals surface area contributed by atoms with Gasteiger partial charge in [0.2, 0.25) is 5.91 Å². The Morgan fingerprint density at radius 2 is 1.82 bits per heavy atom. The molecule has 1 heterocycles. The number of thioether (sulfide) groups is 1. The Kier molecular flexibility index (Phi) is 8.68. The van der Waals surface area contributed by atoms with Crippen molar-refractivity contribution in [3.05, 3.63) is 83.7 Å². The summed E-state index contributed by atoms with van der Waals surface area (Å²) in [5.41, 5.74) is 1.24. The predicted molar refractivity (Wildman–Crippen MR) is 133 cm³/mol. The summed E-state index contributed by atoms with van der Waals surface area (Å²) >= 11 is 7.16. The minimum atomic E-state index is -0.359. The first kappa shape index (κ1) is 24.5. The highest BCUT2D eigenvalue weighted by Crippen LogP contribution is 2.26. The van der Waals surface area contributed by atoms with Gasteiger partial charge in [-0.3, -0.25) is 9.59 Å². The lowest BCUT2D eigenvalue weighted by Gasteiger charge is -2.22. The first-order valence-corrected chi connectivity index (χ1v) is 11.8. The van der Waals surface area contributed by atoms with Crippen molar-refractivity contribution in [2.24, 2.45) is 5.92 Å². The fourth-order valence-electron chi connectivity index (χ4n) is 3.14. The smallest absolute Gasteiger partial charge is 0.251 e. The highest BCUT2D eigenvalue weighted by Gasteiger charge is 2.26. The van der Waals surface area contributed by atoms with Crippen LogP contribution >= 0.6 is 23.4 Å². The first-order valence-electron chi connectivity index (χ1n) is 10.5. The molecule has 0 fully saturated rings.